The first-order chi connectivity index (χ1) is 12.1. The second-order valence-electron chi connectivity index (χ2n) is 6.39. The molecule has 0 bridgehead atoms. The van der Waals surface area contributed by atoms with Gasteiger partial charge in [-0.15, -0.1) is 0 Å². The van der Waals surface area contributed by atoms with Crippen LogP contribution in [0.4, 0.5) is 0 Å². The molecule has 0 saturated carbocycles. The molecule has 0 saturated heterocycles. The molecule has 9 heteroatoms. The number of nitrogens with one attached hydrogen (secondary N) is 2. The zero-order valence-corrected chi connectivity index (χ0v) is 16.6. The Kier molecular flexibility index (Phi) is 8.19. The number of hydrogen-bond acceptors (Lipinski definition) is 5. The highest BCUT2D eigenvalue weighted by atomic mass is 32.2. The highest BCUT2D eigenvalue weighted by Gasteiger charge is 2.19. The molecule has 2 N–H and O–H groups in total. The van der Waals surface area contributed by atoms with Crippen molar-refractivity contribution in [2.45, 2.75) is 37.8 Å². The average Bonchev–Trinajstić information content (AvgIpc) is 2.53. The molecular formula is C17H27N3O5S. The van der Waals surface area contributed by atoms with Gasteiger partial charge in [0.1, 0.15) is 0 Å². The third-order valence-corrected chi connectivity index (χ3v) is 4.97. The van der Waals surface area contributed by atoms with Crippen LogP contribution in [0.5, 0.6) is 0 Å². The van der Waals surface area contributed by atoms with Crippen LogP contribution in [-0.4, -0.2) is 64.5 Å². The molecule has 26 heavy (non-hydrogen) atoms. The number of amides is 2. The van der Waals surface area contributed by atoms with Crippen LogP contribution in [-0.2, 0) is 19.6 Å². The first kappa shape index (κ1) is 22.1. The number of carbonyl (C=O) groups is 2. The summed E-state index contributed by atoms with van der Waals surface area (Å²) >= 11 is 0. The summed E-state index contributed by atoms with van der Waals surface area (Å²) in [6.07, 6.45) is 0. The number of hydrogen-bond donors (Lipinski definition) is 2. The molecule has 0 aliphatic carbocycles. The quantitative estimate of drug-likeness (QED) is 0.648. The van der Waals surface area contributed by atoms with Crippen LogP contribution in [0.3, 0.4) is 0 Å². The number of sulfonamides is 1. The molecular weight excluding hydrogens is 358 g/mol. The van der Waals surface area contributed by atoms with Gasteiger partial charge in [0.2, 0.25) is 15.9 Å². The standard InChI is InChI=1S/C17H27N3O5S/c1-12(2)18-16(21)10-20(4)17(22)14-6-8-15(9-7-14)26(23,24)19-13(3)11-25-5/h6-9,12-13,19H,10-11H2,1-5H3,(H,18,21)/t13-/m1/s1. The Balaban J connectivity index is 2.80. The van der Waals surface area contributed by atoms with Crippen molar-refractivity contribution < 1.29 is 22.7 Å². The first-order valence-electron chi connectivity index (χ1n) is 8.23. The molecule has 0 spiro atoms. The molecule has 146 valence electrons. The number of benzene rings is 1. The smallest absolute Gasteiger partial charge is 0.254 e. The van der Waals surface area contributed by atoms with Crippen molar-refractivity contribution in [2.75, 3.05) is 27.3 Å². The van der Waals surface area contributed by atoms with Crippen molar-refractivity contribution >= 4 is 21.8 Å². The van der Waals surface area contributed by atoms with E-state index in [1.54, 1.807) is 6.92 Å². The van der Waals surface area contributed by atoms with E-state index in [0.717, 1.165) is 0 Å². The monoisotopic (exact) mass is 385 g/mol. The van der Waals surface area contributed by atoms with Crippen molar-refractivity contribution in [1.82, 2.24) is 14.9 Å². The first-order valence-corrected chi connectivity index (χ1v) is 9.71. The number of likely N-dealkylation sites (N-methyl/N-ethyl adjacent to an activating group) is 1. The SMILES string of the molecule is COC[C@@H](C)NS(=O)(=O)c1ccc(C(=O)N(C)CC(=O)NC(C)C)cc1. The summed E-state index contributed by atoms with van der Waals surface area (Å²) in [5.41, 5.74) is 0.300. The van der Waals surface area contributed by atoms with Crippen LogP contribution < -0.4 is 10.0 Å². The van der Waals surface area contributed by atoms with E-state index < -0.39 is 10.0 Å². The van der Waals surface area contributed by atoms with E-state index in [2.05, 4.69) is 10.0 Å². The maximum Gasteiger partial charge on any atom is 0.254 e. The minimum atomic E-state index is -3.70. The Labute approximate surface area is 155 Å². The second kappa shape index (κ2) is 9.65. The Bertz CT molecular complexity index is 716. The van der Waals surface area contributed by atoms with Gasteiger partial charge in [-0.3, -0.25) is 9.59 Å². The predicted molar refractivity (Wildman–Crippen MR) is 98.3 cm³/mol. The van der Waals surface area contributed by atoms with Crippen molar-refractivity contribution in [3.05, 3.63) is 29.8 Å². The third kappa shape index (κ3) is 6.74. The number of ether oxygens (including phenoxy) is 1. The fourth-order valence-corrected chi connectivity index (χ4v) is 3.50. The summed E-state index contributed by atoms with van der Waals surface area (Å²) in [4.78, 5) is 25.4. The summed E-state index contributed by atoms with van der Waals surface area (Å²) in [6, 6.07) is 5.18. The molecule has 0 aromatic heterocycles. The minimum Gasteiger partial charge on any atom is -0.383 e. The zero-order chi connectivity index (χ0) is 19.9. The van der Waals surface area contributed by atoms with Crippen LogP contribution in [0, 0.1) is 0 Å². The molecule has 0 radical (unpaired) electrons. The lowest BCUT2D eigenvalue weighted by atomic mass is 10.2. The normalized spacial score (nSPS) is 12.7. The molecule has 1 aromatic carbocycles. The summed E-state index contributed by atoms with van der Waals surface area (Å²) < 4.78 is 31.9. The van der Waals surface area contributed by atoms with Crippen LogP contribution in [0.25, 0.3) is 0 Å². The molecule has 2 amide bonds. The zero-order valence-electron chi connectivity index (χ0n) is 15.8. The molecule has 0 aliphatic heterocycles. The van der Waals surface area contributed by atoms with Crippen LogP contribution in [0.2, 0.25) is 0 Å². The van der Waals surface area contributed by atoms with E-state index in [1.807, 2.05) is 13.8 Å². The maximum atomic E-state index is 12.4. The minimum absolute atomic E-state index is 0.0107. The van der Waals surface area contributed by atoms with Gasteiger partial charge in [0.05, 0.1) is 18.0 Å². The Morgan fingerprint density at radius 1 is 1.15 bits per heavy atom. The van der Waals surface area contributed by atoms with E-state index in [9.17, 15) is 18.0 Å². The summed E-state index contributed by atoms with van der Waals surface area (Å²) in [5.74, 6) is -0.625. The van der Waals surface area contributed by atoms with Gasteiger partial charge in [-0.25, -0.2) is 13.1 Å². The lowest BCUT2D eigenvalue weighted by Crippen LogP contribution is -2.40. The fourth-order valence-electron chi connectivity index (χ4n) is 2.27. The Hall–Kier alpha value is -1.97. The lowest BCUT2D eigenvalue weighted by Gasteiger charge is -2.18. The number of carbonyl (C=O) groups excluding carboxylic acids is 2. The van der Waals surface area contributed by atoms with E-state index in [0.29, 0.717) is 5.56 Å². The molecule has 0 unspecified atom stereocenters. The van der Waals surface area contributed by atoms with Gasteiger partial charge < -0.3 is 15.0 Å². The maximum absolute atomic E-state index is 12.4. The Morgan fingerprint density at radius 2 is 1.73 bits per heavy atom. The van der Waals surface area contributed by atoms with E-state index in [-0.39, 0.29) is 41.9 Å². The fraction of sp³-hybridized carbons (Fsp3) is 0.529. The van der Waals surface area contributed by atoms with Gasteiger partial charge >= 0.3 is 0 Å². The summed E-state index contributed by atoms with van der Waals surface area (Å²) in [7, 11) is -0.692. The average molecular weight is 385 g/mol. The van der Waals surface area contributed by atoms with Crippen LogP contribution in [0.15, 0.2) is 29.2 Å². The number of nitrogens with zero attached hydrogens (tertiary/aromatic N) is 1. The molecule has 1 rings (SSSR count). The van der Waals surface area contributed by atoms with Crippen molar-refractivity contribution in [3.63, 3.8) is 0 Å². The van der Waals surface area contributed by atoms with Gasteiger partial charge in [0, 0.05) is 31.8 Å². The second-order valence-corrected chi connectivity index (χ2v) is 8.10. The predicted octanol–water partition coefficient (Wildman–Crippen LogP) is 0.596. The molecule has 8 nitrogen and oxygen atoms in total. The van der Waals surface area contributed by atoms with Gasteiger partial charge in [-0.1, -0.05) is 0 Å². The van der Waals surface area contributed by atoms with Gasteiger partial charge in [0.15, 0.2) is 0 Å². The topological polar surface area (TPSA) is 105 Å². The van der Waals surface area contributed by atoms with Gasteiger partial charge in [0.25, 0.3) is 5.91 Å². The highest BCUT2D eigenvalue weighted by molar-refractivity contribution is 7.89. The van der Waals surface area contributed by atoms with Crippen molar-refractivity contribution in [2.24, 2.45) is 0 Å². The Morgan fingerprint density at radius 3 is 2.23 bits per heavy atom. The van der Waals surface area contributed by atoms with Crippen molar-refractivity contribution in [1.29, 1.82) is 0 Å². The summed E-state index contributed by atoms with van der Waals surface area (Å²) in [5, 5.41) is 2.71. The van der Waals surface area contributed by atoms with Crippen molar-refractivity contribution in [3.8, 4) is 0 Å². The van der Waals surface area contributed by atoms with E-state index >= 15 is 0 Å². The third-order valence-electron chi connectivity index (χ3n) is 3.36. The lowest BCUT2D eigenvalue weighted by molar-refractivity contribution is -0.122. The van der Waals surface area contributed by atoms with E-state index in [4.69, 9.17) is 4.74 Å². The largest absolute Gasteiger partial charge is 0.383 e. The van der Waals surface area contributed by atoms with Gasteiger partial charge in [-0.2, -0.15) is 0 Å². The number of methoxy groups -OCH3 is 1. The molecule has 0 fully saturated rings. The van der Waals surface area contributed by atoms with Gasteiger partial charge in [-0.05, 0) is 45.0 Å². The molecule has 1 atom stereocenters. The highest BCUT2D eigenvalue weighted by Crippen LogP contribution is 2.12. The molecule has 0 heterocycles. The number of rotatable bonds is 9. The van der Waals surface area contributed by atoms with Crippen LogP contribution in [0.1, 0.15) is 31.1 Å². The molecule has 1 aromatic rings. The van der Waals surface area contributed by atoms with Crippen LogP contribution >= 0.6 is 0 Å². The molecule has 0 aliphatic rings. The summed E-state index contributed by atoms with van der Waals surface area (Å²) in [6.45, 7) is 5.53. The van der Waals surface area contributed by atoms with E-state index in [1.165, 1.54) is 43.3 Å².